The number of pyridine rings is 1. The average Bonchev–Trinajstić information content (AvgIpc) is 3.02. The maximum atomic E-state index is 4.23. The molecule has 0 spiro atoms. The highest BCUT2D eigenvalue weighted by Gasteiger charge is 2.10. The van der Waals surface area contributed by atoms with Crippen LogP contribution in [0.1, 0.15) is 28.2 Å². The molecule has 0 bridgehead atoms. The first kappa shape index (κ1) is 12.5. The van der Waals surface area contributed by atoms with Crippen LogP contribution in [0.25, 0.3) is 0 Å². The van der Waals surface area contributed by atoms with Gasteiger partial charge in [-0.2, -0.15) is 5.10 Å². The predicted octanol–water partition coefficient (Wildman–Crippen LogP) is 1.65. The Balaban J connectivity index is 1.74. The third-order valence-corrected chi connectivity index (χ3v) is 3.32. The highest BCUT2D eigenvalue weighted by Crippen LogP contribution is 2.13. The second-order valence-electron chi connectivity index (χ2n) is 4.85. The van der Waals surface area contributed by atoms with Gasteiger partial charge in [0.25, 0.3) is 0 Å². The van der Waals surface area contributed by atoms with Gasteiger partial charge in [0.2, 0.25) is 0 Å². The first-order valence-corrected chi connectivity index (χ1v) is 6.50. The fourth-order valence-corrected chi connectivity index (χ4v) is 2.19. The van der Waals surface area contributed by atoms with Crippen LogP contribution >= 0.6 is 0 Å². The molecular weight excluding hydrogens is 252 g/mol. The van der Waals surface area contributed by atoms with Gasteiger partial charge in [-0.1, -0.05) is 5.21 Å². The summed E-state index contributed by atoms with van der Waals surface area (Å²) in [6.45, 7) is 4.73. The van der Waals surface area contributed by atoms with Gasteiger partial charge in [0, 0.05) is 36.3 Å². The van der Waals surface area contributed by atoms with Gasteiger partial charge in [-0.15, -0.1) is 5.10 Å². The van der Waals surface area contributed by atoms with Crippen molar-refractivity contribution < 1.29 is 0 Å². The fraction of sp³-hybridized carbons (Fsp3) is 0.286. The Hall–Kier alpha value is -2.50. The Morgan fingerprint density at radius 3 is 2.70 bits per heavy atom. The van der Waals surface area contributed by atoms with E-state index in [-0.39, 0.29) is 0 Å². The first-order chi connectivity index (χ1) is 9.72. The Labute approximate surface area is 116 Å². The van der Waals surface area contributed by atoms with Crippen molar-refractivity contribution in [1.29, 1.82) is 0 Å². The summed E-state index contributed by atoms with van der Waals surface area (Å²) in [5.74, 6) is 0. The van der Waals surface area contributed by atoms with E-state index in [1.54, 1.807) is 12.4 Å². The molecule has 20 heavy (non-hydrogen) atoms. The van der Waals surface area contributed by atoms with Crippen LogP contribution in [0.5, 0.6) is 0 Å². The average molecular weight is 268 g/mol. The van der Waals surface area contributed by atoms with Crippen LogP contribution in [0.15, 0.2) is 30.7 Å². The largest absolute Gasteiger partial charge is 0.282 e. The summed E-state index contributed by atoms with van der Waals surface area (Å²) < 4.78 is 1.84. The zero-order chi connectivity index (χ0) is 13.9. The fourth-order valence-electron chi connectivity index (χ4n) is 2.19. The lowest BCUT2D eigenvalue weighted by molar-refractivity contribution is 0.649. The van der Waals surface area contributed by atoms with Crippen molar-refractivity contribution in [2.24, 2.45) is 0 Å². The van der Waals surface area contributed by atoms with E-state index in [2.05, 4.69) is 25.5 Å². The summed E-state index contributed by atoms with van der Waals surface area (Å²) in [5, 5.41) is 15.6. The summed E-state index contributed by atoms with van der Waals surface area (Å²) in [4.78, 5) is 4.01. The normalized spacial score (nSPS) is 10.9. The van der Waals surface area contributed by atoms with Gasteiger partial charge in [0.15, 0.2) is 0 Å². The third-order valence-electron chi connectivity index (χ3n) is 3.32. The number of aromatic amines is 1. The molecule has 1 N–H and O–H groups in total. The number of hydrogen-bond acceptors (Lipinski definition) is 4. The molecule has 0 aliphatic carbocycles. The summed E-state index contributed by atoms with van der Waals surface area (Å²) in [7, 11) is 0. The zero-order valence-electron chi connectivity index (χ0n) is 11.5. The number of nitrogens with one attached hydrogen (secondary N) is 1. The van der Waals surface area contributed by atoms with E-state index >= 15 is 0 Å². The topological polar surface area (TPSA) is 72.3 Å². The predicted molar refractivity (Wildman–Crippen MR) is 74.2 cm³/mol. The smallest absolute Gasteiger partial charge is 0.0872 e. The molecule has 0 radical (unpaired) electrons. The lowest BCUT2D eigenvalue weighted by atomic mass is 10.1. The standard InChI is InChI=1S/C14H16N6/c1-10-14(11(2)17-16-10)7-13-9-20(19-18-13)8-12-3-5-15-6-4-12/h3-6,9H,7-8H2,1-2H3,(H,16,17). The van der Waals surface area contributed by atoms with Gasteiger partial charge < -0.3 is 0 Å². The lowest BCUT2D eigenvalue weighted by Gasteiger charge is -1.99. The molecule has 3 aromatic rings. The van der Waals surface area contributed by atoms with Gasteiger partial charge in [0.05, 0.1) is 17.9 Å². The number of H-pyrrole nitrogens is 1. The van der Waals surface area contributed by atoms with Crippen LogP contribution in [-0.2, 0) is 13.0 Å². The number of hydrogen-bond donors (Lipinski definition) is 1. The zero-order valence-corrected chi connectivity index (χ0v) is 11.5. The third kappa shape index (κ3) is 2.59. The SMILES string of the molecule is Cc1n[nH]c(C)c1Cc1cn(Cc2ccncc2)nn1. The molecule has 0 aromatic carbocycles. The molecular formula is C14H16N6. The van der Waals surface area contributed by atoms with E-state index in [4.69, 9.17) is 0 Å². The quantitative estimate of drug-likeness (QED) is 0.781. The van der Waals surface area contributed by atoms with Gasteiger partial charge >= 0.3 is 0 Å². The van der Waals surface area contributed by atoms with E-state index in [0.717, 1.165) is 29.1 Å². The summed E-state index contributed by atoms with van der Waals surface area (Å²) in [6, 6.07) is 3.96. The summed E-state index contributed by atoms with van der Waals surface area (Å²) in [5.41, 5.74) is 5.41. The molecule has 0 atom stereocenters. The number of nitrogens with zero attached hydrogens (tertiary/aromatic N) is 5. The highest BCUT2D eigenvalue weighted by molar-refractivity contribution is 5.27. The van der Waals surface area contributed by atoms with Crippen LogP contribution in [0.4, 0.5) is 0 Å². The van der Waals surface area contributed by atoms with Crippen LogP contribution in [-0.4, -0.2) is 30.2 Å². The molecule has 6 nitrogen and oxygen atoms in total. The van der Waals surface area contributed by atoms with Crippen molar-refractivity contribution in [3.05, 3.63) is 58.9 Å². The first-order valence-electron chi connectivity index (χ1n) is 6.50. The highest BCUT2D eigenvalue weighted by atomic mass is 15.4. The van der Waals surface area contributed by atoms with Gasteiger partial charge in [-0.25, -0.2) is 4.68 Å². The Morgan fingerprint density at radius 2 is 2.00 bits per heavy atom. The second-order valence-corrected chi connectivity index (χ2v) is 4.85. The molecule has 0 amide bonds. The van der Waals surface area contributed by atoms with E-state index < -0.39 is 0 Å². The lowest BCUT2D eigenvalue weighted by Crippen LogP contribution is -2.00. The van der Waals surface area contributed by atoms with Crippen LogP contribution in [0.3, 0.4) is 0 Å². The Bertz CT molecular complexity index is 678. The Kier molecular flexibility index (Phi) is 3.28. The number of aryl methyl sites for hydroxylation is 2. The second kappa shape index (κ2) is 5.24. The molecule has 3 rings (SSSR count). The molecule has 0 saturated carbocycles. The van der Waals surface area contributed by atoms with Crippen LogP contribution < -0.4 is 0 Å². The molecule has 0 fully saturated rings. The minimum Gasteiger partial charge on any atom is -0.282 e. The summed E-state index contributed by atoms with van der Waals surface area (Å²) >= 11 is 0. The van der Waals surface area contributed by atoms with Crippen molar-refractivity contribution in [3.8, 4) is 0 Å². The van der Waals surface area contributed by atoms with Crippen molar-refractivity contribution in [3.63, 3.8) is 0 Å². The van der Waals surface area contributed by atoms with Crippen molar-refractivity contribution in [2.45, 2.75) is 26.8 Å². The molecule has 0 unspecified atom stereocenters. The Morgan fingerprint density at radius 1 is 1.20 bits per heavy atom. The maximum Gasteiger partial charge on any atom is 0.0872 e. The molecule has 3 aromatic heterocycles. The van der Waals surface area contributed by atoms with Gasteiger partial charge in [-0.3, -0.25) is 10.1 Å². The number of aromatic nitrogens is 6. The molecule has 0 aliphatic heterocycles. The van der Waals surface area contributed by atoms with E-state index in [1.807, 2.05) is 36.9 Å². The van der Waals surface area contributed by atoms with E-state index in [0.29, 0.717) is 6.54 Å². The molecule has 0 saturated heterocycles. The molecule has 3 heterocycles. The van der Waals surface area contributed by atoms with Crippen LogP contribution in [0.2, 0.25) is 0 Å². The van der Waals surface area contributed by atoms with Crippen molar-refractivity contribution >= 4 is 0 Å². The van der Waals surface area contributed by atoms with E-state index in [9.17, 15) is 0 Å². The number of rotatable bonds is 4. The minimum atomic E-state index is 0.707. The molecule has 0 aliphatic rings. The van der Waals surface area contributed by atoms with E-state index in [1.165, 1.54) is 5.56 Å². The molecule has 6 heteroatoms. The minimum absolute atomic E-state index is 0.707. The van der Waals surface area contributed by atoms with Gasteiger partial charge in [0.1, 0.15) is 0 Å². The molecule has 102 valence electrons. The van der Waals surface area contributed by atoms with Crippen molar-refractivity contribution in [2.75, 3.05) is 0 Å². The summed E-state index contributed by atoms with van der Waals surface area (Å²) in [6.07, 6.45) is 6.30. The monoisotopic (exact) mass is 268 g/mol. The van der Waals surface area contributed by atoms with Gasteiger partial charge in [-0.05, 0) is 31.5 Å². The maximum absolute atomic E-state index is 4.23. The van der Waals surface area contributed by atoms with Crippen LogP contribution in [0, 0.1) is 13.8 Å². The van der Waals surface area contributed by atoms with Crippen molar-refractivity contribution in [1.82, 2.24) is 30.2 Å².